The van der Waals surface area contributed by atoms with Gasteiger partial charge in [0.2, 0.25) is 0 Å². The van der Waals surface area contributed by atoms with Crippen molar-refractivity contribution in [2.75, 3.05) is 20.8 Å². The van der Waals surface area contributed by atoms with Gasteiger partial charge in [0.05, 0.1) is 14.2 Å². The Hall–Kier alpha value is -2.29. The topological polar surface area (TPSA) is 78.9 Å². The third-order valence-corrected chi connectivity index (χ3v) is 2.57. The van der Waals surface area contributed by atoms with Crippen LogP contribution < -0.4 is 0 Å². The van der Waals surface area contributed by atoms with Gasteiger partial charge in [-0.15, -0.1) is 12.3 Å². The van der Waals surface area contributed by atoms with E-state index in [1.807, 2.05) is 0 Å². The number of carbonyl (C=O) groups is 3. The number of hydrogen-bond acceptors (Lipinski definition) is 6. The minimum atomic E-state index is -1.58. The fourth-order valence-corrected chi connectivity index (χ4v) is 1.55. The molecule has 0 aliphatic carbocycles. The largest absolute Gasteiger partial charge is 0.468 e. The molecule has 20 heavy (non-hydrogen) atoms. The molecule has 0 heterocycles. The number of carbonyl (C=O) groups excluding carboxylic acids is 3. The molecule has 0 amide bonds. The molecule has 0 atom stereocenters. The van der Waals surface area contributed by atoms with Crippen LogP contribution in [0.15, 0.2) is 12.2 Å². The van der Waals surface area contributed by atoms with Crippen molar-refractivity contribution in [2.24, 2.45) is 5.41 Å². The first-order chi connectivity index (χ1) is 9.44. The zero-order valence-corrected chi connectivity index (χ0v) is 11.8. The first-order valence-electron chi connectivity index (χ1n) is 5.83. The number of terminal acetylenes is 1. The molecule has 0 spiro atoms. The molecular formula is C14H18O6. The number of hydrogen-bond donors (Lipinski definition) is 0. The van der Waals surface area contributed by atoms with Crippen LogP contribution in [0.3, 0.4) is 0 Å². The maximum Gasteiger partial charge on any atom is 0.324 e. The van der Waals surface area contributed by atoms with Crippen molar-refractivity contribution in [2.45, 2.75) is 19.8 Å². The molecule has 0 aliphatic heterocycles. The van der Waals surface area contributed by atoms with Crippen LogP contribution in [0.5, 0.6) is 0 Å². The smallest absolute Gasteiger partial charge is 0.324 e. The van der Waals surface area contributed by atoms with E-state index in [1.54, 1.807) is 0 Å². The highest BCUT2D eigenvalue weighted by Gasteiger charge is 2.46. The Kier molecular flexibility index (Phi) is 7.75. The average Bonchev–Trinajstić information content (AvgIpc) is 2.43. The van der Waals surface area contributed by atoms with Gasteiger partial charge in [-0.2, -0.15) is 0 Å². The first-order valence-corrected chi connectivity index (χ1v) is 5.83. The Morgan fingerprint density at radius 1 is 1.15 bits per heavy atom. The van der Waals surface area contributed by atoms with Crippen LogP contribution in [0.1, 0.15) is 19.8 Å². The highest BCUT2D eigenvalue weighted by Crippen LogP contribution is 2.30. The normalized spacial score (nSPS) is 10.7. The summed E-state index contributed by atoms with van der Waals surface area (Å²) in [6, 6.07) is 0. The van der Waals surface area contributed by atoms with E-state index in [1.165, 1.54) is 33.3 Å². The van der Waals surface area contributed by atoms with Crippen molar-refractivity contribution in [3.63, 3.8) is 0 Å². The first kappa shape index (κ1) is 17.7. The molecule has 0 aromatic rings. The van der Waals surface area contributed by atoms with Crippen LogP contribution in [0.25, 0.3) is 0 Å². The maximum atomic E-state index is 11.9. The number of methoxy groups -OCH3 is 2. The average molecular weight is 282 g/mol. The highest BCUT2D eigenvalue weighted by atomic mass is 16.5. The van der Waals surface area contributed by atoms with Crippen LogP contribution in [0.2, 0.25) is 0 Å². The van der Waals surface area contributed by atoms with Gasteiger partial charge < -0.3 is 14.2 Å². The molecule has 0 saturated heterocycles. The van der Waals surface area contributed by atoms with Crippen molar-refractivity contribution in [3.05, 3.63) is 12.2 Å². The lowest BCUT2D eigenvalue weighted by Gasteiger charge is -2.24. The zero-order chi connectivity index (χ0) is 15.6. The Bertz CT molecular complexity index is 413. The molecule has 0 saturated carbocycles. The van der Waals surface area contributed by atoms with E-state index >= 15 is 0 Å². The Balaban J connectivity index is 5.02. The molecular weight excluding hydrogens is 264 g/mol. The van der Waals surface area contributed by atoms with E-state index in [2.05, 4.69) is 15.4 Å². The second kappa shape index (κ2) is 8.75. The Labute approximate surface area is 118 Å². The molecule has 0 radical (unpaired) electrons. The van der Waals surface area contributed by atoms with E-state index in [-0.39, 0.29) is 19.4 Å². The summed E-state index contributed by atoms with van der Waals surface area (Å²) < 4.78 is 14.0. The van der Waals surface area contributed by atoms with Crippen molar-refractivity contribution in [1.29, 1.82) is 0 Å². The predicted octanol–water partition coefficient (Wildman–Crippen LogP) is 0.851. The summed E-state index contributed by atoms with van der Waals surface area (Å²) in [6.07, 6.45) is 8.09. The Morgan fingerprint density at radius 3 is 2.10 bits per heavy atom. The zero-order valence-electron chi connectivity index (χ0n) is 11.8. The molecule has 0 aromatic carbocycles. The summed E-state index contributed by atoms with van der Waals surface area (Å²) in [6.45, 7) is 1.32. The van der Waals surface area contributed by atoms with Crippen LogP contribution in [0, 0.1) is 17.8 Å². The summed E-state index contributed by atoms with van der Waals surface area (Å²) >= 11 is 0. The molecule has 0 fully saturated rings. The Morgan fingerprint density at radius 2 is 1.70 bits per heavy atom. The minimum Gasteiger partial charge on any atom is -0.468 e. The molecule has 6 nitrogen and oxygen atoms in total. The van der Waals surface area contributed by atoms with E-state index in [0.29, 0.717) is 0 Å². The van der Waals surface area contributed by atoms with Crippen LogP contribution in [-0.4, -0.2) is 38.7 Å². The second-order valence-electron chi connectivity index (χ2n) is 3.92. The van der Waals surface area contributed by atoms with Crippen molar-refractivity contribution in [3.8, 4) is 12.3 Å². The van der Waals surface area contributed by atoms with Crippen molar-refractivity contribution < 1.29 is 28.6 Å². The molecule has 0 unspecified atom stereocenters. The van der Waals surface area contributed by atoms with E-state index in [0.717, 1.165) is 0 Å². The van der Waals surface area contributed by atoms with E-state index in [4.69, 9.17) is 11.2 Å². The van der Waals surface area contributed by atoms with Crippen molar-refractivity contribution >= 4 is 17.9 Å². The van der Waals surface area contributed by atoms with Gasteiger partial charge in [-0.3, -0.25) is 14.4 Å². The summed E-state index contributed by atoms with van der Waals surface area (Å²) in [4.78, 5) is 34.3. The lowest BCUT2D eigenvalue weighted by molar-refractivity contribution is -0.168. The quantitative estimate of drug-likeness (QED) is 0.226. The summed E-state index contributed by atoms with van der Waals surface area (Å²) in [7, 11) is 2.33. The van der Waals surface area contributed by atoms with E-state index < -0.39 is 23.3 Å². The fraction of sp³-hybridized carbons (Fsp3) is 0.500. The van der Waals surface area contributed by atoms with Crippen LogP contribution in [-0.2, 0) is 28.6 Å². The summed E-state index contributed by atoms with van der Waals surface area (Å²) in [5, 5.41) is 0. The molecule has 6 heteroatoms. The molecule has 0 bridgehead atoms. The molecule has 110 valence electrons. The SMILES string of the molecule is C#CCC(C/C=C\COC(C)=O)(C(=O)OC)C(=O)OC. The maximum absolute atomic E-state index is 11.9. The number of rotatable bonds is 7. The molecule has 0 aliphatic rings. The minimum absolute atomic E-state index is 0.00217. The second-order valence-corrected chi connectivity index (χ2v) is 3.92. The lowest BCUT2D eigenvalue weighted by atomic mass is 9.81. The number of ether oxygens (including phenoxy) is 3. The third kappa shape index (κ3) is 4.76. The standard InChI is InChI=1S/C14H18O6/c1-5-8-14(12(16)18-3,13(17)19-4)9-6-7-10-20-11(2)15/h1,6-7H,8-10H2,2-4H3/b7-6-. The number of esters is 3. The third-order valence-electron chi connectivity index (χ3n) is 2.57. The summed E-state index contributed by atoms with van der Waals surface area (Å²) in [5.41, 5.74) is -1.58. The number of allylic oxidation sites excluding steroid dienone is 1. The predicted molar refractivity (Wildman–Crippen MR) is 70.3 cm³/mol. The van der Waals surface area contributed by atoms with Crippen LogP contribution >= 0.6 is 0 Å². The highest BCUT2D eigenvalue weighted by molar-refractivity contribution is 6.00. The molecule has 0 rings (SSSR count). The van der Waals surface area contributed by atoms with Crippen LogP contribution in [0.4, 0.5) is 0 Å². The van der Waals surface area contributed by atoms with Gasteiger partial charge in [-0.05, 0) is 6.42 Å². The van der Waals surface area contributed by atoms with Crippen molar-refractivity contribution in [1.82, 2.24) is 0 Å². The van der Waals surface area contributed by atoms with Gasteiger partial charge >= 0.3 is 17.9 Å². The lowest BCUT2D eigenvalue weighted by Crippen LogP contribution is -2.40. The van der Waals surface area contributed by atoms with Gasteiger partial charge in [-0.25, -0.2) is 0 Å². The molecule has 0 N–H and O–H groups in total. The van der Waals surface area contributed by atoms with Gasteiger partial charge in [-0.1, -0.05) is 12.2 Å². The molecule has 0 aromatic heterocycles. The fourth-order valence-electron chi connectivity index (χ4n) is 1.55. The monoisotopic (exact) mass is 282 g/mol. The van der Waals surface area contributed by atoms with Gasteiger partial charge in [0, 0.05) is 13.3 Å². The summed E-state index contributed by atoms with van der Waals surface area (Å²) in [5.74, 6) is 0.323. The van der Waals surface area contributed by atoms with Gasteiger partial charge in [0.25, 0.3) is 0 Å². The van der Waals surface area contributed by atoms with E-state index in [9.17, 15) is 14.4 Å². The van der Waals surface area contributed by atoms with Gasteiger partial charge in [0.1, 0.15) is 6.61 Å². The van der Waals surface area contributed by atoms with Gasteiger partial charge in [0.15, 0.2) is 5.41 Å².